The van der Waals surface area contributed by atoms with E-state index in [-0.39, 0.29) is 0 Å². The lowest BCUT2D eigenvalue weighted by molar-refractivity contribution is 0.457. The Morgan fingerprint density at radius 3 is 2.33 bits per heavy atom. The molecule has 1 rings (SSSR count). The van der Waals surface area contributed by atoms with Gasteiger partial charge in [0.05, 0.1) is 0 Å². The number of hydrogen-bond donors (Lipinski definition) is 1. The van der Waals surface area contributed by atoms with Gasteiger partial charge in [-0.3, -0.25) is 0 Å². The summed E-state index contributed by atoms with van der Waals surface area (Å²) in [7, 11) is -2.81. The quantitative estimate of drug-likeness (QED) is 0.592. The van der Waals surface area contributed by atoms with Gasteiger partial charge in [0.15, 0.2) is 16.7 Å². The van der Waals surface area contributed by atoms with Crippen molar-refractivity contribution in [1.29, 1.82) is 0 Å². The molecule has 0 saturated carbocycles. The molecular weight excluding hydrogens is 223 g/mol. The maximum atomic E-state index is 9.84. The van der Waals surface area contributed by atoms with E-state index in [0.29, 0.717) is 11.8 Å². The van der Waals surface area contributed by atoms with Crippen LogP contribution in [-0.2, 0) is 4.21 Å². The summed E-state index contributed by atoms with van der Waals surface area (Å²) in [5.74, 6) is 0.944. The van der Waals surface area contributed by atoms with Crippen LogP contribution in [0.25, 0.3) is 0 Å². The summed E-state index contributed by atoms with van der Waals surface area (Å²) >= 11 is 0. The van der Waals surface area contributed by atoms with Crippen LogP contribution >= 0.6 is 8.38 Å². The zero-order valence-corrected chi connectivity index (χ0v) is 11.9. The summed E-state index contributed by atoms with van der Waals surface area (Å²) in [5, 5.41) is 0. The van der Waals surface area contributed by atoms with Crippen molar-refractivity contribution in [3.63, 3.8) is 0 Å². The topological polar surface area (TPSA) is 29.5 Å². The van der Waals surface area contributed by atoms with E-state index >= 15 is 0 Å². The van der Waals surface area contributed by atoms with E-state index in [1.54, 1.807) is 0 Å². The van der Waals surface area contributed by atoms with Gasteiger partial charge in [-0.05, 0) is 31.5 Å². The van der Waals surface area contributed by atoms with Crippen molar-refractivity contribution >= 4 is 16.7 Å². The van der Waals surface area contributed by atoms with Gasteiger partial charge >= 0.3 is 0 Å². The highest BCUT2D eigenvalue weighted by atomic mass is 31.2. The first-order chi connectivity index (χ1) is 6.88. The van der Waals surface area contributed by atoms with E-state index in [0.717, 1.165) is 6.16 Å². The van der Waals surface area contributed by atoms with Crippen molar-refractivity contribution in [2.45, 2.75) is 26.6 Å². The van der Waals surface area contributed by atoms with Crippen molar-refractivity contribution in [2.24, 2.45) is 11.8 Å². The highest BCUT2D eigenvalue weighted by molar-refractivity contribution is 7.48. The summed E-state index contributed by atoms with van der Waals surface area (Å²) in [6.45, 7) is 8.50. The lowest BCUT2D eigenvalue weighted by Gasteiger charge is -2.25. The first-order valence-electron chi connectivity index (χ1n) is 5.39. The molecule has 0 fully saturated rings. The zero-order valence-electron chi connectivity index (χ0n) is 9.97. The fraction of sp³-hybridized carbons (Fsp3) is 0.636. The van der Waals surface area contributed by atoms with Crippen LogP contribution < -0.4 is 0 Å². The monoisotopic (exact) mass is 244 g/mol. The fourth-order valence-electron chi connectivity index (χ4n) is 1.55. The minimum absolute atomic E-state index is 0.465. The summed E-state index contributed by atoms with van der Waals surface area (Å²) in [4.78, 5) is 9.84. The molecule has 2 atom stereocenters. The molecule has 0 aromatic heterocycles. The van der Waals surface area contributed by atoms with E-state index in [4.69, 9.17) is 4.21 Å². The third-order valence-corrected chi connectivity index (χ3v) is 6.18. The Labute approximate surface area is 95.1 Å². The van der Waals surface area contributed by atoms with Crippen molar-refractivity contribution in [3.8, 4) is 0 Å². The van der Waals surface area contributed by atoms with Gasteiger partial charge in [0, 0.05) is 6.16 Å². The largest absolute Gasteiger partial charge is 0.376 e. The van der Waals surface area contributed by atoms with Gasteiger partial charge in [-0.25, -0.2) is 0 Å². The van der Waals surface area contributed by atoms with E-state index in [2.05, 4.69) is 50.9 Å². The SMILES string of the molecule is CC(CP(O)O[Si](C)(C)C)C1C=CC=C1. The Morgan fingerprint density at radius 1 is 1.33 bits per heavy atom. The van der Waals surface area contributed by atoms with Crippen molar-refractivity contribution in [3.05, 3.63) is 24.3 Å². The molecule has 0 bridgehead atoms. The second-order valence-electron chi connectivity index (χ2n) is 5.06. The summed E-state index contributed by atoms with van der Waals surface area (Å²) in [6, 6.07) is 0. The molecule has 1 aliphatic rings. The molecule has 0 aromatic rings. The van der Waals surface area contributed by atoms with Crippen molar-refractivity contribution < 1.29 is 9.11 Å². The lowest BCUT2D eigenvalue weighted by atomic mass is 9.98. The highest BCUT2D eigenvalue weighted by Crippen LogP contribution is 2.39. The highest BCUT2D eigenvalue weighted by Gasteiger charge is 2.24. The van der Waals surface area contributed by atoms with Crippen molar-refractivity contribution in [1.82, 2.24) is 0 Å². The average molecular weight is 244 g/mol. The Morgan fingerprint density at radius 2 is 1.87 bits per heavy atom. The number of hydrogen-bond acceptors (Lipinski definition) is 2. The van der Waals surface area contributed by atoms with Crippen LogP contribution in [0.15, 0.2) is 24.3 Å². The van der Waals surface area contributed by atoms with Gasteiger partial charge < -0.3 is 9.11 Å². The molecule has 0 amide bonds. The van der Waals surface area contributed by atoms with Crippen molar-refractivity contribution in [2.75, 3.05) is 6.16 Å². The molecule has 15 heavy (non-hydrogen) atoms. The summed E-state index contributed by atoms with van der Waals surface area (Å²) < 4.78 is 5.68. The summed E-state index contributed by atoms with van der Waals surface area (Å²) in [5.41, 5.74) is 0. The predicted molar refractivity (Wildman–Crippen MR) is 69.4 cm³/mol. The number of allylic oxidation sites excluding steroid dienone is 4. The van der Waals surface area contributed by atoms with Crippen LogP contribution in [0.1, 0.15) is 6.92 Å². The van der Waals surface area contributed by atoms with Crippen LogP contribution in [0, 0.1) is 11.8 Å². The van der Waals surface area contributed by atoms with Crippen LogP contribution in [0.3, 0.4) is 0 Å². The maximum Gasteiger partial charge on any atom is 0.191 e. The van der Waals surface area contributed by atoms with Gasteiger partial charge in [0.1, 0.15) is 0 Å². The van der Waals surface area contributed by atoms with Crippen LogP contribution in [0.2, 0.25) is 19.6 Å². The molecule has 0 saturated heterocycles. The molecule has 2 unspecified atom stereocenters. The standard InChI is InChI=1S/C11H21O2PSi/c1-10(11-7-5-6-8-11)9-14(12)13-15(2,3)4/h5-8,10-12H,9H2,1-4H3. The Kier molecular flexibility index (Phi) is 4.72. The van der Waals surface area contributed by atoms with E-state index < -0.39 is 16.7 Å². The third-order valence-electron chi connectivity index (χ3n) is 2.26. The molecule has 86 valence electrons. The Balaban J connectivity index is 2.34. The van der Waals surface area contributed by atoms with Gasteiger partial charge in [-0.15, -0.1) is 0 Å². The van der Waals surface area contributed by atoms with E-state index in [9.17, 15) is 4.89 Å². The van der Waals surface area contributed by atoms with Gasteiger partial charge in [0.25, 0.3) is 0 Å². The molecule has 2 nitrogen and oxygen atoms in total. The van der Waals surface area contributed by atoms with Gasteiger partial charge in [-0.1, -0.05) is 31.2 Å². The summed E-state index contributed by atoms with van der Waals surface area (Å²) in [6.07, 6.45) is 9.28. The molecule has 1 aliphatic carbocycles. The third kappa shape index (κ3) is 5.07. The minimum atomic E-state index is -1.58. The second-order valence-corrected chi connectivity index (χ2v) is 11.1. The first-order valence-corrected chi connectivity index (χ1v) is 10.2. The Bertz CT molecular complexity index is 246. The molecular formula is C11H21O2PSi. The fourth-order valence-corrected chi connectivity index (χ4v) is 5.11. The molecule has 0 aliphatic heterocycles. The normalized spacial score (nSPS) is 20.9. The number of rotatable bonds is 5. The first kappa shape index (κ1) is 13.1. The van der Waals surface area contributed by atoms with Gasteiger partial charge in [0.2, 0.25) is 0 Å². The predicted octanol–water partition coefficient (Wildman–Crippen LogP) is 3.52. The van der Waals surface area contributed by atoms with E-state index in [1.165, 1.54) is 0 Å². The second kappa shape index (κ2) is 5.40. The Hall–Kier alpha value is 0.0469. The molecule has 4 heteroatoms. The van der Waals surface area contributed by atoms with Crippen LogP contribution in [0.5, 0.6) is 0 Å². The van der Waals surface area contributed by atoms with E-state index in [1.807, 2.05) is 0 Å². The molecule has 0 spiro atoms. The lowest BCUT2D eigenvalue weighted by Crippen LogP contribution is -2.24. The molecule has 0 radical (unpaired) electrons. The maximum absolute atomic E-state index is 9.84. The smallest absolute Gasteiger partial charge is 0.191 e. The zero-order chi connectivity index (χ0) is 11.5. The molecule has 0 heterocycles. The minimum Gasteiger partial charge on any atom is -0.376 e. The van der Waals surface area contributed by atoms with Gasteiger partial charge in [-0.2, -0.15) is 0 Å². The van der Waals surface area contributed by atoms with Crippen LogP contribution in [-0.4, -0.2) is 19.4 Å². The molecule has 1 N–H and O–H groups in total. The average Bonchev–Trinajstić information content (AvgIpc) is 2.50. The molecule has 0 aromatic carbocycles. The van der Waals surface area contributed by atoms with Crippen LogP contribution in [0.4, 0.5) is 0 Å².